The van der Waals surface area contributed by atoms with Crippen LogP contribution in [0.4, 0.5) is 14.6 Å². The van der Waals surface area contributed by atoms with Gasteiger partial charge in [0.05, 0.1) is 18.9 Å². The number of aliphatic imine (C=N–C) groups is 1. The van der Waals surface area contributed by atoms with Gasteiger partial charge >= 0.3 is 0 Å². The van der Waals surface area contributed by atoms with Crippen molar-refractivity contribution in [2.45, 2.75) is 58.3 Å². The van der Waals surface area contributed by atoms with Gasteiger partial charge in [-0.05, 0) is 55.5 Å². The average Bonchev–Trinajstić information content (AvgIpc) is 2.96. The first-order valence-electron chi connectivity index (χ1n) is 14.5. The summed E-state index contributed by atoms with van der Waals surface area (Å²) in [5.41, 5.74) is 13.3. The van der Waals surface area contributed by atoms with E-state index in [0.717, 1.165) is 56.7 Å². The molecule has 3 atom stereocenters. The minimum absolute atomic E-state index is 0.116. The topological polar surface area (TPSA) is 114 Å². The van der Waals surface area contributed by atoms with Crippen molar-refractivity contribution in [3.8, 4) is 0 Å². The van der Waals surface area contributed by atoms with Gasteiger partial charge in [0.2, 0.25) is 0 Å². The Kier molecular flexibility index (Phi) is 10.6. The third-order valence-electron chi connectivity index (χ3n) is 8.06. The number of nitrogens with zero attached hydrogens (tertiary/aromatic N) is 3. The number of amidine groups is 1. The summed E-state index contributed by atoms with van der Waals surface area (Å²) in [6, 6.07) is 10.6. The molecule has 2 aromatic rings. The molecule has 1 aromatic heterocycles. The number of nitrogens with one attached hydrogen (secondary N) is 2. The Labute approximate surface area is 250 Å². The molecule has 0 spiro atoms. The van der Waals surface area contributed by atoms with Crippen molar-refractivity contribution < 1.29 is 13.5 Å². The number of rotatable bonds is 14. The molecule has 4 rings (SSSR count). The highest BCUT2D eigenvalue weighted by atomic mass is 31.0. The lowest BCUT2D eigenvalue weighted by Crippen LogP contribution is -2.47. The van der Waals surface area contributed by atoms with Gasteiger partial charge in [-0.1, -0.05) is 53.8 Å². The SMILES string of the molecule is CC(CCCCNCC1(C)COC1)C(C)N1C=CN=C(N)/C1=C(/N)c1ccc(CNc2cc(C(F)(F)P)ccn2)cc1. The van der Waals surface area contributed by atoms with Crippen LogP contribution in [0.2, 0.25) is 0 Å². The Morgan fingerprint density at radius 1 is 1.19 bits per heavy atom. The molecule has 0 aliphatic carbocycles. The lowest BCUT2D eigenvalue weighted by molar-refractivity contribution is -0.0989. The maximum Gasteiger partial charge on any atom is 0.284 e. The van der Waals surface area contributed by atoms with Crippen LogP contribution in [0.15, 0.2) is 65.7 Å². The van der Waals surface area contributed by atoms with E-state index in [1.54, 1.807) is 15.4 Å². The normalized spacial score (nSPS) is 19.1. The second kappa shape index (κ2) is 13.9. The Balaban J connectivity index is 1.34. The summed E-state index contributed by atoms with van der Waals surface area (Å²) >= 11 is 0. The summed E-state index contributed by atoms with van der Waals surface area (Å²) in [6.07, 6.45) is 8.39. The number of alkyl halides is 2. The van der Waals surface area contributed by atoms with Crippen LogP contribution < -0.4 is 22.1 Å². The maximum atomic E-state index is 13.6. The summed E-state index contributed by atoms with van der Waals surface area (Å²) in [6.45, 7) is 10.9. The zero-order chi connectivity index (χ0) is 30.3. The smallest absolute Gasteiger partial charge is 0.284 e. The third-order valence-corrected chi connectivity index (χ3v) is 8.39. The number of hydrogen-bond acceptors (Lipinski definition) is 8. The second-order valence-electron chi connectivity index (χ2n) is 11.8. The van der Waals surface area contributed by atoms with E-state index in [9.17, 15) is 8.78 Å². The molecule has 11 heteroatoms. The van der Waals surface area contributed by atoms with Crippen LogP contribution >= 0.6 is 9.24 Å². The molecule has 0 radical (unpaired) electrons. The molecule has 1 fully saturated rings. The van der Waals surface area contributed by atoms with Gasteiger partial charge in [0.15, 0.2) is 0 Å². The third kappa shape index (κ3) is 8.27. The van der Waals surface area contributed by atoms with E-state index >= 15 is 0 Å². The molecule has 0 amide bonds. The van der Waals surface area contributed by atoms with E-state index in [-0.39, 0.29) is 11.6 Å². The first-order valence-corrected chi connectivity index (χ1v) is 15.1. The number of aromatic nitrogens is 1. The summed E-state index contributed by atoms with van der Waals surface area (Å²) in [5.74, 6) is 1.17. The molecule has 1 aromatic carbocycles. The van der Waals surface area contributed by atoms with Gasteiger partial charge in [0.25, 0.3) is 5.66 Å². The van der Waals surface area contributed by atoms with E-state index in [4.69, 9.17) is 16.2 Å². The van der Waals surface area contributed by atoms with E-state index in [0.29, 0.717) is 40.9 Å². The van der Waals surface area contributed by atoms with Gasteiger partial charge in [0, 0.05) is 48.7 Å². The first-order chi connectivity index (χ1) is 20.0. The van der Waals surface area contributed by atoms with Crippen LogP contribution in [0.1, 0.15) is 56.7 Å². The van der Waals surface area contributed by atoms with Gasteiger partial charge in [-0.15, -0.1) is 0 Å². The molecular formula is C31H44F2N7OP. The van der Waals surface area contributed by atoms with Crippen LogP contribution in [-0.2, 0) is 16.9 Å². The predicted octanol–water partition coefficient (Wildman–Crippen LogP) is 5.21. The van der Waals surface area contributed by atoms with Crippen LogP contribution in [0.3, 0.4) is 0 Å². The van der Waals surface area contributed by atoms with Crippen molar-refractivity contribution in [3.63, 3.8) is 0 Å². The average molecular weight is 600 g/mol. The number of nitrogens with two attached hydrogens (primary N) is 2. The van der Waals surface area contributed by atoms with E-state index < -0.39 is 5.66 Å². The molecule has 0 bridgehead atoms. The van der Waals surface area contributed by atoms with Gasteiger partial charge in [0.1, 0.15) is 17.4 Å². The van der Waals surface area contributed by atoms with Crippen molar-refractivity contribution >= 4 is 26.6 Å². The molecule has 8 nitrogen and oxygen atoms in total. The van der Waals surface area contributed by atoms with E-state index in [1.807, 2.05) is 30.5 Å². The second-order valence-corrected chi connectivity index (χ2v) is 12.5. The number of halogens is 2. The lowest BCUT2D eigenvalue weighted by Gasteiger charge is -2.38. The van der Waals surface area contributed by atoms with Crippen LogP contribution in [-0.4, -0.2) is 48.1 Å². The number of benzene rings is 1. The van der Waals surface area contributed by atoms with E-state index in [1.165, 1.54) is 18.3 Å². The quantitative estimate of drug-likeness (QED) is 0.174. The molecule has 3 heterocycles. The Morgan fingerprint density at radius 3 is 2.60 bits per heavy atom. The summed E-state index contributed by atoms with van der Waals surface area (Å²) in [5, 5.41) is 6.68. The minimum Gasteiger partial charge on any atom is -0.396 e. The minimum atomic E-state index is -3.00. The fraction of sp³-hybridized carbons (Fsp3) is 0.484. The highest BCUT2D eigenvalue weighted by Crippen LogP contribution is 2.35. The van der Waals surface area contributed by atoms with Crippen molar-refractivity contribution in [2.24, 2.45) is 27.8 Å². The highest BCUT2D eigenvalue weighted by molar-refractivity contribution is 7.17. The van der Waals surface area contributed by atoms with Crippen molar-refractivity contribution in [2.75, 3.05) is 31.6 Å². The van der Waals surface area contributed by atoms with Crippen molar-refractivity contribution in [1.29, 1.82) is 0 Å². The van der Waals surface area contributed by atoms with Gasteiger partial charge in [-0.3, -0.25) is 0 Å². The summed E-state index contributed by atoms with van der Waals surface area (Å²) < 4.78 is 32.6. The number of ether oxygens (including phenoxy) is 1. The van der Waals surface area contributed by atoms with Crippen molar-refractivity contribution in [3.05, 3.63) is 77.4 Å². The monoisotopic (exact) mass is 599 g/mol. The zero-order valence-electron chi connectivity index (χ0n) is 24.7. The molecular weight excluding hydrogens is 555 g/mol. The Hall–Kier alpha value is -3.07. The maximum absolute atomic E-state index is 13.6. The highest BCUT2D eigenvalue weighted by Gasteiger charge is 2.32. The number of pyridine rings is 1. The summed E-state index contributed by atoms with van der Waals surface area (Å²) in [7, 11) is 1.55. The van der Waals surface area contributed by atoms with Gasteiger partial charge in [-0.2, -0.15) is 8.78 Å². The van der Waals surface area contributed by atoms with Crippen LogP contribution in [0.5, 0.6) is 0 Å². The predicted molar refractivity (Wildman–Crippen MR) is 170 cm³/mol. The molecule has 1 saturated heterocycles. The summed E-state index contributed by atoms with van der Waals surface area (Å²) in [4.78, 5) is 10.6. The van der Waals surface area contributed by atoms with E-state index in [2.05, 4.69) is 46.3 Å². The van der Waals surface area contributed by atoms with Crippen LogP contribution in [0, 0.1) is 11.3 Å². The van der Waals surface area contributed by atoms with Gasteiger partial charge in [-0.25, -0.2) is 9.98 Å². The Morgan fingerprint density at radius 2 is 1.93 bits per heavy atom. The molecule has 2 aliphatic heterocycles. The fourth-order valence-electron chi connectivity index (χ4n) is 5.11. The molecule has 2 aliphatic rings. The molecule has 3 unspecified atom stereocenters. The molecule has 42 heavy (non-hydrogen) atoms. The van der Waals surface area contributed by atoms with Crippen LogP contribution in [0.25, 0.3) is 5.70 Å². The fourth-order valence-corrected chi connectivity index (χ4v) is 5.29. The number of unbranched alkanes of at least 4 members (excludes halogenated alkanes) is 1. The van der Waals surface area contributed by atoms with Gasteiger partial charge < -0.3 is 31.7 Å². The zero-order valence-corrected chi connectivity index (χ0v) is 25.9. The first kappa shape index (κ1) is 31.9. The molecule has 228 valence electrons. The standard InChI is InChI=1S/C31H44F2N7OP/c1-21(6-4-5-12-36-18-30(3)19-41-20-30)22(2)40-15-14-38-29(35)28(40)27(34)24-9-7-23(8-10-24)17-39-26-16-25(11-13-37-26)31(32,33)42/h7-11,13-16,21-22,36H,4-6,12,17-20,34,42H2,1-3H3,(H2,35,38)(H,37,39)/b28-27-. The van der Waals surface area contributed by atoms with Crippen molar-refractivity contribution in [1.82, 2.24) is 15.2 Å². The number of anilines is 1. The largest absolute Gasteiger partial charge is 0.396 e. The molecule has 6 N–H and O–H groups in total. The Bertz CT molecular complexity index is 1290. The number of hydrogen-bond donors (Lipinski definition) is 4. The lowest BCUT2D eigenvalue weighted by atomic mass is 9.89. The molecule has 0 saturated carbocycles.